The van der Waals surface area contributed by atoms with E-state index in [1.54, 1.807) is 6.92 Å². The lowest BCUT2D eigenvalue weighted by atomic mass is 10.1. The van der Waals surface area contributed by atoms with Gasteiger partial charge in [0, 0.05) is 0 Å². The number of rotatable bonds is 12. The van der Waals surface area contributed by atoms with Gasteiger partial charge in [0.2, 0.25) is 0 Å². The smallest absolute Gasteiger partial charge is 0.320 e. The second-order valence-corrected chi connectivity index (χ2v) is 4.82. The average molecular weight is 250 g/mol. The molecule has 0 aromatic heterocycles. The van der Waals surface area contributed by atoms with Gasteiger partial charge in [0.15, 0.2) is 0 Å². The van der Waals surface area contributed by atoms with E-state index in [4.69, 9.17) is 0 Å². The molecule has 0 amide bonds. The Morgan fingerprint density at radius 1 is 0.824 bits per heavy atom. The third-order valence-electron chi connectivity index (χ3n) is 3.05. The van der Waals surface area contributed by atoms with Crippen molar-refractivity contribution >= 4 is 0 Å². The molecular formula is C14H28F2O. The van der Waals surface area contributed by atoms with Crippen molar-refractivity contribution in [1.29, 1.82) is 0 Å². The highest BCUT2D eigenvalue weighted by atomic mass is 19.3. The first kappa shape index (κ1) is 16.8. The highest BCUT2D eigenvalue weighted by Gasteiger charge is 2.08. The molecule has 3 heteroatoms. The lowest BCUT2D eigenvalue weighted by Crippen LogP contribution is -2.11. The normalized spacial score (nSPS) is 13.2. The van der Waals surface area contributed by atoms with E-state index in [9.17, 15) is 8.78 Å². The molecular weight excluding hydrogens is 222 g/mol. The molecule has 0 fully saturated rings. The van der Waals surface area contributed by atoms with Crippen LogP contribution >= 0.6 is 0 Å². The summed E-state index contributed by atoms with van der Waals surface area (Å²) in [7, 11) is 0. The standard InChI is InChI=1S/C14H28F2O/c1-3-4-5-6-7-8-9-10-11-12-13(2)17-14(15)16/h13-14H,3-12H2,1-2H3. The second kappa shape index (κ2) is 12.3. The van der Waals surface area contributed by atoms with Crippen LogP contribution in [0.4, 0.5) is 8.78 Å². The molecule has 0 aromatic carbocycles. The summed E-state index contributed by atoms with van der Waals surface area (Å²) >= 11 is 0. The molecule has 0 saturated carbocycles. The van der Waals surface area contributed by atoms with Gasteiger partial charge < -0.3 is 4.74 Å². The van der Waals surface area contributed by atoms with E-state index in [1.807, 2.05) is 0 Å². The van der Waals surface area contributed by atoms with Crippen molar-refractivity contribution in [3.8, 4) is 0 Å². The Morgan fingerprint density at radius 2 is 1.29 bits per heavy atom. The zero-order chi connectivity index (χ0) is 12.9. The van der Waals surface area contributed by atoms with Gasteiger partial charge in [-0.3, -0.25) is 0 Å². The first-order valence-corrected chi connectivity index (χ1v) is 7.10. The molecule has 0 aliphatic carbocycles. The van der Waals surface area contributed by atoms with E-state index in [0.717, 1.165) is 19.3 Å². The highest BCUT2D eigenvalue weighted by Crippen LogP contribution is 2.13. The Kier molecular flexibility index (Phi) is 12.2. The van der Waals surface area contributed by atoms with Crippen molar-refractivity contribution in [1.82, 2.24) is 0 Å². The molecule has 1 nitrogen and oxygen atoms in total. The fraction of sp³-hybridized carbons (Fsp3) is 1.00. The van der Waals surface area contributed by atoms with Crippen molar-refractivity contribution in [2.24, 2.45) is 0 Å². The molecule has 0 spiro atoms. The molecule has 0 N–H and O–H groups in total. The number of ether oxygens (including phenoxy) is 1. The van der Waals surface area contributed by atoms with E-state index in [-0.39, 0.29) is 6.10 Å². The van der Waals surface area contributed by atoms with E-state index >= 15 is 0 Å². The highest BCUT2D eigenvalue weighted by molar-refractivity contribution is 4.52. The van der Waals surface area contributed by atoms with Gasteiger partial charge in [0.25, 0.3) is 0 Å². The van der Waals surface area contributed by atoms with Gasteiger partial charge in [0.05, 0.1) is 6.10 Å². The molecule has 104 valence electrons. The first-order valence-electron chi connectivity index (χ1n) is 7.10. The van der Waals surface area contributed by atoms with Gasteiger partial charge in [-0.15, -0.1) is 0 Å². The molecule has 0 bridgehead atoms. The van der Waals surface area contributed by atoms with Gasteiger partial charge in [-0.05, 0) is 13.3 Å². The van der Waals surface area contributed by atoms with Crippen molar-refractivity contribution < 1.29 is 13.5 Å². The van der Waals surface area contributed by atoms with Crippen LogP contribution in [0.25, 0.3) is 0 Å². The molecule has 0 aliphatic heterocycles. The summed E-state index contributed by atoms with van der Waals surface area (Å²) in [5, 5.41) is 0. The lowest BCUT2D eigenvalue weighted by Gasteiger charge is -2.11. The Balaban J connectivity index is 3.07. The summed E-state index contributed by atoms with van der Waals surface area (Å²) in [6.45, 7) is 1.32. The van der Waals surface area contributed by atoms with E-state index < -0.39 is 6.61 Å². The lowest BCUT2D eigenvalue weighted by molar-refractivity contribution is -0.159. The van der Waals surface area contributed by atoms with Crippen LogP contribution in [0.3, 0.4) is 0 Å². The summed E-state index contributed by atoms with van der Waals surface area (Å²) in [5.41, 5.74) is 0. The number of halogens is 2. The number of alkyl halides is 2. The predicted molar refractivity (Wildman–Crippen MR) is 68.4 cm³/mol. The second-order valence-electron chi connectivity index (χ2n) is 4.82. The predicted octanol–water partition coefficient (Wildman–Crippen LogP) is 5.54. The summed E-state index contributed by atoms with van der Waals surface area (Å²) < 4.78 is 28.1. The molecule has 17 heavy (non-hydrogen) atoms. The van der Waals surface area contributed by atoms with Crippen molar-refractivity contribution in [3.05, 3.63) is 0 Å². The van der Waals surface area contributed by atoms with Crippen molar-refractivity contribution in [3.63, 3.8) is 0 Å². The van der Waals surface area contributed by atoms with Crippen LogP contribution < -0.4 is 0 Å². The first-order chi connectivity index (χ1) is 8.16. The molecule has 0 radical (unpaired) electrons. The third-order valence-corrected chi connectivity index (χ3v) is 3.05. The minimum Gasteiger partial charge on any atom is -0.320 e. The molecule has 0 aromatic rings. The SMILES string of the molecule is CCCCCCCCCCCC(C)OC(F)F. The summed E-state index contributed by atoms with van der Waals surface area (Å²) in [6.07, 6.45) is 11.8. The van der Waals surface area contributed by atoms with Gasteiger partial charge in [-0.2, -0.15) is 8.78 Å². The molecule has 0 aliphatic rings. The number of hydrogen-bond acceptors (Lipinski definition) is 1. The van der Waals surface area contributed by atoms with Gasteiger partial charge in [0.1, 0.15) is 0 Å². The molecule has 0 saturated heterocycles. The summed E-state index contributed by atoms with van der Waals surface area (Å²) in [6, 6.07) is 0. The fourth-order valence-electron chi connectivity index (χ4n) is 1.99. The van der Waals surface area contributed by atoms with E-state index in [0.29, 0.717) is 0 Å². The Bertz CT molecular complexity index is 151. The number of hydrogen-bond donors (Lipinski definition) is 0. The van der Waals surface area contributed by atoms with Crippen LogP contribution in [0.1, 0.15) is 78.1 Å². The maximum Gasteiger partial charge on any atom is 0.345 e. The maximum absolute atomic E-state index is 11.8. The van der Waals surface area contributed by atoms with Gasteiger partial charge >= 0.3 is 6.61 Å². The molecule has 1 unspecified atom stereocenters. The Labute approximate surface area is 105 Å². The van der Waals surface area contributed by atoms with Crippen LogP contribution in [-0.4, -0.2) is 12.7 Å². The monoisotopic (exact) mass is 250 g/mol. The van der Waals surface area contributed by atoms with Gasteiger partial charge in [-0.1, -0.05) is 64.7 Å². The molecule has 1 atom stereocenters. The minimum atomic E-state index is -2.62. The van der Waals surface area contributed by atoms with Gasteiger partial charge in [-0.25, -0.2) is 0 Å². The van der Waals surface area contributed by atoms with Crippen molar-refractivity contribution in [2.75, 3.05) is 0 Å². The topological polar surface area (TPSA) is 9.23 Å². The van der Waals surface area contributed by atoms with Crippen LogP contribution in [0.15, 0.2) is 0 Å². The van der Waals surface area contributed by atoms with Crippen LogP contribution in [0, 0.1) is 0 Å². The number of unbranched alkanes of at least 4 members (excludes halogenated alkanes) is 8. The zero-order valence-electron chi connectivity index (χ0n) is 11.4. The summed E-state index contributed by atoms with van der Waals surface area (Å²) in [4.78, 5) is 0. The van der Waals surface area contributed by atoms with Crippen LogP contribution in [0.2, 0.25) is 0 Å². The minimum absolute atomic E-state index is 0.306. The summed E-state index contributed by atoms with van der Waals surface area (Å²) in [5.74, 6) is 0. The Hall–Kier alpha value is -0.180. The largest absolute Gasteiger partial charge is 0.345 e. The van der Waals surface area contributed by atoms with Crippen LogP contribution in [-0.2, 0) is 4.74 Å². The Morgan fingerprint density at radius 3 is 1.76 bits per heavy atom. The fourth-order valence-corrected chi connectivity index (χ4v) is 1.99. The maximum atomic E-state index is 11.8. The molecule has 0 heterocycles. The quantitative estimate of drug-likeness (QED) is 0.413. The third kappa shape index (κ3) is 13.8. The van der Waals surface area contributed by atoms with E-state index in [2.05, 4.69) is 11.7 Å². The average Bonchev–Trinajstić information content (AvgIpc) is 2.26. The van der Waals surface area contributed by atoms with E-state index in [1.165, 1.54) is 44.9 Å². The zero-order valence-corrected chi connectivity index (χ0v) is 11.4. The van der Waals surface area contributed by atoms with Crippen LogP contribution in [0.5, 0.6) is 0 Å². The van der Waals surface area contributed by atoms with Crippen molar-refractivity contribution in [2.45, 2.75) is 90.8 Å². The molecule has 0 rings (SSSR count).